The van der Waals surface area contributed by atoms with E-state index in [1.165, 1.54) is 6.08 Å². The third-order valence-corrected chi connectivity index (χ3v) is 3.09. The molecule has 1 aliphatic carbocycles. The minimum Gasteiger partial charge on any atom is -0.324 e. The number of hydrogen-bond acceptors (Lipinski definition) is 1. The van der Waals surface area contributed by atoms with Crippen LogP contribution in [-0.4, -0.2) is 24.1 Å². The second kappa shape index (κ2) is 3.97. The van der Waals surface area contributed by atoms with Crippen molar-refractivity contribution in [2.45, 2.75) is 31.0 Å². The van der Waals surface area contributed by atoms with Crippen molar-refractivity contribution >= 4 is 0 Å². The summed E-state index contributed by atoms with van der Waals surface area (Å²) in [5.74, 6) is 0. The van der Waals surface area contributed by atoms with Gasteiger partial charge in [0, 0.05) is 6.04 Å². The molecule has 0 fully saturated rings. The van der Waals surface area contributed by atoms with E-state index >= 15 is 0 Å². The molecular weight excluding hydrogens is 267 g/mol. The Balaban J connectivity index is 3.47. The highest BCUT2D eigenvalue weighted by Gasteiger charge is 2.80. The van der Waals surface area contributed by atoms with Gasteiger partial charge in [-0.05, 0) is 0 Å². The minimum absolute atomic E-state index is 0.499. The van der Waals surface area contributed by atoms with E-state index in [0.29, 0.717) is 13.0 Å². The van der Waals surface area contributed by atoms with Gasteiger partial charge in [-0.25, -0.2) is 4.39 Å². The fourth-order valence-electron chi connectivity index (χ4n) is 1.87. The first-order valence-corrected chi connectivity index (χ1v) is 4.82. The van der Waals surface area contributed by atoms with Gasteiger partial charge in [-0.2, -0.15) is 26.3 Å². The zero-order valence-corrected chi connectivity index (χ0v) is 9.11. The fourth-order valence-corrected chi connectivity index (χ4v) is 1.87. The van der Waals surface area contributed by atoms with E-state index in [1.807, 2.05) is 0 Å². The van der Waals surface area contributed by atoms with Crippen LogP contribution in [0.3, 0.4) is 0 Å². The lowest BCUT2D eigenvalue weighted by atomic mass is 9.67. The lowest BCUT2D eigenvalue weighted by Gasteiger charge is -2.45. The highest BCUT2D eigenvalue weighted by molar-refractivity contribution is 5.29. The summed E-state index contributed by atoms with van der Waals surface area (Å²) in [6.45, 7) is 0.499. The molecule has 0 aromatic carbocycles. The van der Waals surface area contributed by atoms with Crippen molar-refractivity contribution in [3.63, 3.8) is 0 Å². The van der Waals surface area contributed by atoms with Gasteiger partial charge in [0.15, 0.2) is 0 Å². The van der Waals surface area contributed by atoms with Crippen LogP contribution >= 0.6 is 0 Å². The van der Waals surface area contributed by atoms with E-state index < -0.39 is 29.5 Å². The monoisotopic (exact) mass is 277 g/mol. The van der Waals surface area contributed by atoms with E-state index in [0.717, 1.165) is 12.2 Å². The van der Waals surface area contributed by atoms with Crippen LogP contribution in [0.4, 0.5) is 30.7 Å². The molecule has 1 rings (SSSR count). The van der Waals surface area contributed by atoms with Gasteiger partial charge in [-0.1, -0.05) is 31.2 Å². The lowest BCUT2D eigenvalue weighted by Crippen LogP contribution is -2.67. The van der Waals surface area contributed by atoms with Gasteiger partial charge in [0.25, 0.3) is 0 Å². The largest absolute Gasteiger partial charge is 0.432 e. The van der Waals surface area contributed by atoms with Crippen molar-refractivity contribution in [2.75, 3.05) is 0 Å². The average Bonchev–Trinajstić information content (AvgIpc) is 2.18. The second-order valence-electron chi connectivity index (χ2n) is 4.21. The number of hydrogen-bond donors (Lipinski definition) is 1. The van der Waals surface area contributed by atoms with Gasteiger partial charge in [-0.15, -0.1) is 0 Å². The molecule has 0 aromatic rings. The summed E-state index contributed by atoms with van der Waals surface area (Å²) in [4.78, 5) is 0. The molecular formula is C10H10F7N. The van der Waals surface area contributed by atoms with Gasteiger partial charge in [0.05, 0.1) is 5.41 Å². The topological polar surface area (TPSA) is 26.0 Å². The van der Waals surface area contributed by atoms with Crippen LogP contribution in [0.25, 0.3) is 0 Å². The van der Waals surface area contributed by atoms with E-state index in [2.05, 4.69) is 0 Å². The van der Waals surface area contributed by atoms with Crippen molar-refractivity contribution in [3.8, 4) is 0 Å². The summed E-state index contributed by atoms with van der Waals surface area (Å²) in [5, 5.41) is 0. The van der Waals surface area contributed by atoms with E-state index in [-0.39, 0.29) is 0 Å². The molecule has 2 N–H and O–H groups in total. The molecule has 18 heavy (non-hydrogen) atoms. The molecule has 2 unspecified atom stereocenters. The van der Waals surface area contributed by atoms with Crippen molar-refractivity contribution in [1.82, 2.24) is 0 Å². The SMILES string of the molecule is CC1(C(F)(C(F)(F)F)C(F)(F)F)C=CC=CC1N. The summed E-state index contributed by atoms with van der Waals surface area (Å²) in [6, 6.07) is -1.74. The van der Waals surface area contributed by atoms with E-state index in [1.54, 1.807) is 0 Å². The van der Waals surface area contributed by atoms with Gasteiger partial charge >= 0.3 is 18.0 Å². The average molecular weight is 277 g/mol. The third-order valence-electron chi connectivity index (χ3n) is 3.09. The summed E-state index contributed by atoms with van der Waals surface area (Å²) < 4.78 is 89.5. The maximum absolute atomic E-state index is 13.9. The summed E-state index contributed by atoms with van der Waals surface area (Å²) in [6.07, 6.45) is -8.76. The van der Waals surface area contributed by atoms with Crippen LogP contribution in [0.1, 0.15) is 6.92 Å². The highest BCUT2D eigenvalue weighted by Crippen LogP contribution is 2.58. The number of nitrogens with two attached hydrogens (primary N) is 1. The second-order valence-corrected chi connectivity index (χ2v) is 4.21. The molecule has 1 aliphatic rings. The van der Waals surface area contributed by atoms with Crippen LogP contribution in [0.15, 0.2) is 24.3 Å². The Morgan fingerprint density at radius 3 is 1.72 bits per heavy atom. The van der Waals surface area contributed by atoms with Crippen molar-refractivity contribution in [1.29, 1.82) is 0 Å². The Hall–Kier alpha value is -1.05. The highest BCUT2D eigenvalue weighted by atomic mass is 19.4. The molecule has 0 radical (unpaired) electrons. The molecule has 0 saturated heterocycles. The molecule has 0 heterocycles. The Morgan fingerprint density at radius 2 is 1.39 bits per heavy atom. The number of halogens is 7. The van der Waals surface area contributed by atoms with Crippen molar-refractivity contribution in [3.05, 3.63) is 24.3 Å². The molecule has 0 aromatic heterocycles. The summed E-state index contributed by atoms with van der Waals surface area (Å²) in [5.41, 5.74) is -3.14. The number of rotatable bonds is 1. The number of allylic oxidation sites excluding steroid dienone is 2. The predicted octanol–water partition coefficient (Wildman–Crippen LogP) is 3.28. The normalized spacial score (nSPS) is 29.7. The Kier molecular flexibility index (Phi) is 3.31. The smallest absolute Gasteiger partial charge is 0.324 e. The van der Waals surface area contributed by atoms with Crippen LogP contribution in [-0.2, 0) is 0 Å². The van der Waals surface area contributed by atoms with Crippen LogP contribution in [0, 0.1) is 5.41 Å². The van der Waals surface area contributed by atoms with E-state index in [4.69, 9.17) is 5.73 Å². The quantitative estimate of drug-likeness (QED) is 0.731. The Bertz CT molecular complexity index is 365. The van der Waals surface area contributed by atoms with Gasteiger partial charge < -0.3 is 5.73 Å². The molecule has 8 heteroatoms. The first kappa shape index (κ1) is 15.0. The van der Waals surface area contributed by atoms with Gasteiger partial charge in [0.1, 0.15) is 0 Å². The maximum atomic E-state index is 13.9. The van der Waals surface area contributed by atoms with Crippen LogP contribution in [0.5, 0.6) is 0 Å². The van der Waals surface area contributed by atoms with Crippen LogP contribution < -0.4 is 5.73 Å². The van der Waals surface area contributed by atoms with Gasteiger partial charge in [0.2, 0.25) is 0 Å². The maximum Gasteiger partial charge on any atom is 0.432 e. The molecule has 0 bridgehead atoms. The summed E-state index contributed by atoms with van der Waals surface area (Å²) in [7, 11) is 0. The molecule has 0 spiro atoms. The molecule has 0 amide bonds. The fraction of sp³-hybridized carbons (Fsp3) is 0.600. The predicted molar refractivity (Wildman–Crippen MR) is 50.3 cm³/mol. The molecule has 0 aliphatic heterocycles. The van der Waals surface area contributed by atoms with Crippen molar-refractivity contribution < 1.29 is 30.7 Å². The lowest BCUT2D eigenvalue weighted by molar-refractivity contribution is -0.369. The van der Waals surface area contributed by atoms with Crippen LogP contribution in [0.2, 0.25) is 0 Å². The molecule has 2 atom stereocenters. The van der Waals surface area contributed by atoms with Crippen molar-refractivity contribution in [2.24, 2.45) is 11.1 Å². The zero-order valence-electron chi connectivity index (χ0n) is 9.11. The molecule has 1 nitrogen and oxygen atoms in total. The molecule has 0 saturated carbocycles. The van der Waals surface area contributed by atoms with Gasteiger partial charge in [-0.3, -0.25) is 0 Å². The standard InChI is InChI=1S/C10H10F7N/c1-7(5-3-2-4-6(7)18)8(11,9(12,13)14)10(15,16)17/h2-6H,18H2,1H3. The first-order chi connectivity index (χ1) is 7.88. The Labute approximate surface area is 98.1 Å². The summed E-state index contributed by atoms with van der Waals surface area (Å²) >= 11 is 0. The zero-order chi connectivity index (χ0) is 14.4. The number of alkyl halides is 7. The molecule has 104 valence electrons. The third kappa shape index (κ3) is 1.82. The minimum atomic E-state index is -6.12. The van der Waals surface area contributed by atoms with E-state index in [9.17, 15) is 30.7 Å². The first-order valence-electron chi connectivity index (χ1n) is 4.82. The Morgan fingerprint density at radius 1 is 0.944 bits per heavy atom.